The molecule has 8 nitrogen and oxygen atoms in total. The second-order valence-electron chi connectivity index (χ2n) is 13.7. The summed E-state index contributed by atoms with van der Waals surface area (Å²) in [7, 11) is 0. The van der Waals surface area contributed by atoms with Gasteiger partial charge in [0.2, 0.25) is 11.8 Å². The number of allylic oxidation sites excluding steroid dienone is 2. The largest absolute Gasteiger partial charge is 0.507 e. The molecule has 0 bridgehead atoms. The smallest absolute Gasteiger partial charge is 0.254 e. The van der Waals surface area contributed by atoms with Gasteiger partial charge in [0.15, 0.2) is 9.75 Å². The number of carbonyl (C=O) groups is 4. The third kappa shape index (κ3) is 4.43. The maximum Gasteiger partial charge on any atom is 0.254 e. The van der Waals surface area contributed by atoms with E-state index in [0.717, 1.165) is 30.1 Å². The van der Waals surface area contributed by atoms with Crippen LogP contribution >= 0.6 is 39.1 Å². The van der Waals surface area contributed by atoms with Crippen LogP contribution in [0, 0.1) is 17.8 Å². The van der Waals surface area contributed by atoms with Crippen molar-refractivity contribution in [2.75, 3.05) is 18.5 Å². The fourth-order valence-corrected chi connectivity index (χ4v) is 10.6. The zero-order valence-electron chi connectivity index (χ0n) is 26.0. The van der Waals surface area contributed by atoms with E-state index in [1.54, 1.807) is 18.2 Å². The first-order chi connectivity index (χ1) is 23.1. The summed E-state index contributed by atoms with van der Waals surface area (Å²) in [6.45, 7) is 2.36. The molecule has 1 N–H and O–H groups in total. The topological polar surface area (TPSA) is 98.2 Å². The van der Waals surface area contributed by atoms with Gasteiger partial charge in [-0.15, -0.1) is 23.2 Å². The molecule has 6 atom stereocenters. The summed E-state index contributed by atoms with van der Waals surface area (Å²) in [6.07, 6.45) is 3.62. The second kappa shape index (κ2) is 11.7. The first-order valence-corrected chi connectivity index (χ1v) is 18.3. The van der Waals surface area contributed by atoms with Gasteiger partial charge in [-0.25, -0.2) is 0 Å². The van der Waals surface area contributed by atoms with Crippen molar-refractivity contribution in [1.29, 1.82) is 0 Å². The van der Waals surface area contributed by atoms with Crippen molar-refractivity contribution in [2.24, 2.45) is 17.8 Å². The summed E-state index contributed by atoms with van der Waals surface area (Å²) in [5, 5.41) is 12.0. The first kappa shape index (κ1) is 32.0. The minimum atomic E-state index is -1.90. The summed E-state index contributed by atoms with van der Waals surface area (Å²) in [6, 6.07) is 20.6. The molecule has 3 heterocycles. The van der Waals surface area contributed by atoms with Crippen LogP contribution in [0.4, 0.5) is 0 Å². The summed E-state index contributed by atoms with van der Waals surface area (Å²) in [4.78, 5) is 57.9. The molecule has 48 heavy (non-hydrogen) atoms. The molecule has 3 aromatic carbocycles. The molecule has 0 unspecified atom stereocenters. The van der Waals surface area contributed by atoms with Crippen LogP contribution in [0.5, 0.6) is 5.75 Å². The Morgan fingerprint density at radius 1 is 0.833 bits per heavy atom. The van der Waals surface area contributed by atoms with Crippen molar-refractivity contribution >= 4 is 73.5 Å². The summed E-state index contributed by atoms with van der Waals surface area (Å²) in [5.41, 5.74) is 2.53. The van der Waals surface area contributed by atoms with Crippen molar-refractivity contribution in [2.45, 2.75) is 53.9 Å². The Labute approximate surface area is 296 Å². The number of carbonyl (C=O) groups excluding carboxylic acids is 4. The number of likely N-dealkylation sites (tertiary alicyclic amines) is 3. The number of piperidine rings is 1. The minimum Gasteiger partial charge on any atom is -0.507 e. The number of rotatable bonds is 5. The lowest BCUT2D eigenvalue weighted by Gasteiger charge is -2.51. The third-order valence-electron chi connectivity index (χ3n) is 11.5. The van der Waals surface area contributed by atoms with Crippen LogP contribution in [0.2, 0.25) is 0 Å². The van der Waals surface area contributed by atoms with E-state index in [2.05, 4.69) is 33.0 Å². The van der Waals surface area contributed by atoms with E-state index in [0.29, 0.717) is 35.6 Å². The Morgan fingerprint density at radius 3 is 2.23 bits per heavy atom. The summed E-state index contributed by atoms with van der Waals surface area (Å²) < 4.78 is 0. The molecule has 3 aromatic rings. The normalized spacial score (nSPS) is 32.4. The Kier molecular flexibility index (Phi) is 7.79. The number of aromatic hydroxyl groups is 1. The number of hydrogen-bond acceptors (Lipinski definition) is 6. The Balaban J connectivity index is 1.16. The number of halogens is 3. The molecule has 4 fully saturated rings. The fourth-order valence-electron chi connectivity index (χ4n) is 9.22. The van der Waals surface area contributed by atoms with Crippen LogP contribution in [0.15, 0.2) is 78.4 Å². The number of benzene rings is 3. The molecule has 1 saturated carbocycles. The Morgan fingerprint density at radius 2 is 1.52 bits per heavy atom. The molecular formula is C37H34BrCl2N3O5. The van der Waals surface area contributed by atoms with E-state index in [9.17, 15) is 24.3 Å². The third-order valence-corrected chi connectivity index (χ3v) is 13.4. The minimum absolute atomic E-state index is 0.0476. The van der Waals surface area contributed by atoms with Crippen LogP contribution in [-0.4, -0.2) is 77.8 Å². The predicted molar refractivity (Wildman–Crippen MR) is 186 cm³/mol. The van der Waals surface area contributed by atoms with E-state index in [1.807, 2.05) is 42.5 Å². The summed E-state index contributed by atoms with van der Waals surface area (Å²) in [5.74, 6) is -4.33. The number of amides is 4. The van der Waals surface area contributed by atoms with Gasteiger partial charge in [-0.2, -0.15) is 0 Å². The van der Waals surface area contributed by atoms with Crippen LogP contribution < -0.4 is 0 Å². The lowest BCUT2D eigenvalue weighted by molar-refractivity contribution is -0.144. The van der Waals surface area contributed by atoms with E-state index in [1.165, 1.54) is 10.5 Å². The highest BCUT2D eigenvalue weighted by Gasteiger charge is 2.76. The van der Waals surface area contributed by atoms with Gasteiger partial charge < -0.3 is 5.11 Å². The van der Waals surface area contributed by atoms with Crippen molar-refractivity contribution in [3.63, 3.8) is 0 Å². The van der Waals surface area contributed by atoms with Crippen LogP contribution in [0.25, 0.3) is 10.8 Å². The highest BCUT2D eigenvalue weighted by atomic mass is 79.9. The molecule has 3 saturated heterocycles. The van der Waals surface area contributed by atoms with Crippen molar-refractivity contribution in [3.05, 3.63) is 89.5 Å². The standard InChI is InChI=1S/C37H34BrCl2N3O5/c38-20-42-34(47)36(39)18-28-26(31(37(36,40)35(42)48)25-12-13-29(44)24-9-5-4-8-23(24)25)10-11-27-30(28)33(46)43(32(27)45)22-14-16-41(17-15-22)19-21-6-2-1-3-7-21/h1-10,12-13,22,27-28,30-31,44H,11,14-20H2/t27-,28+,30-,31-,36+,37-/m0/s1. The SMILES string of the molecule is O=C1[C@H]2[C@H](CC=C3[C@H]2C[C@@]2(Cl)C(=O)N(CBr)C(=O)[C@@]2(Cl)[C@H]3c2ccc(O)c3ccccc23)C(=O)N1C1CCN(Cc2ccccc2)CC1. The van der Waals surface area contributed by atoms with E-state index in [-0.39, 0.29) is 35.5 Å². The quantitative estimate of drug-likeness (QED) is 0.151. The van der Waals surface area contributed by atoms with E-state index in [4.69, 9.17) is 23.2 Å². The number of phenols is 1. The number of fused-ring (bicyclic) bond motifs is 5. The number of phenolic OH excluding ortho intramolecular Hbond substituents is 1. The zero-order chi connectivity index (χ0) is 33.5. The van der Waals surface area contributed by atoms with Gasteiger partial charge >= 0.3 is 0 Å². The van der Waals surface area contributed by atoms with Gasteiger partial charge in [0.25, 0.3) is 11.8 Å². The van der Waals surface area contributed by atoms with Gasteiger partial charge in [0.1, 0.15) is 5.75 Å². The van der Waals surface area contributed by atoms with Gasteiger partial charge in [-0.3, -0.25) is 33.9 Å². The van der Waals surface area contributed by atoms with Gasteiger partial charge in [0, 0.05) is 37.0 Å². The highest BCUT2D eigenvalue weighted by Crippen LogP contribution is 2.66. The van der Waals surface area contributed by atoms with Crippen LogP contribution in [0.3, 0.4) is 0 Å². The van der Waals surface area contributed by atoms with Gasteiger partial charge in [-0.1, -0.05) is 88.2 Å². The van der Waals surface area contributed by atoms with Crippen LogP contribution in [0.1, 0.15) is 42.7 Å². The molecule has 4 amide bonds. The molecular weight excluding hydrogens is 717 g/mol. The number of hydrogen-bond donors (Lipinski definition) is 1. The maximum atomic E-state index is 14.5. The number of imide groups is 2. The summed E-state index contributed by atoms with van der Waals surface area (Å²) >= 11 is 18.1. The molecule has 5 aliphatic rings. The van der Waals surface area contributed by atoms with Gasteiger partial charge in [0.05, 0.1) is 17.3 Å². The highest BCUT2D eigenvalue weighted by molar-refractivity contribution is 9.09. The first-order valence-electron chi connectivity index (χ1n) is 16.4. The molecule has 0 spiro atoms. The van der Waals surface area contributed by atoms with Crippen molar-refractivity contribution in [1.82, 2.24) is 14.7 Å². The molecule has 0 aromatic heterocycles. The monoisotopic (exact) mass is 749 g/mol. The van der Waals surface area contributed by atoms with Crippen molar-refractivity contribution < 1.29 is 24.3 Å². The molecule has 248 valence electrons. The second-order valence-corrected chi connectivity index (χ2v) is 15.5. The lowest BCUT2D eigenvalue weighted by atomic mass is 9.56. The lowest BCUT2D eigenvalue weighted by Crippen LogP contribution is -2.60. The predicted octanol–water partition coefficient (Wildman–Crippen LogP) is 5.92. The van der Waals surface area contributed by atoms with Crippen LogP contribution in [-0.2, 0) is 25.7 Å². The molecule has 2 aliphatic carbocycles. The fraction of sp³-hybridized carbons (Fsp3) is 0.405. The molecule has 8 rings (SSSR count). The number of nitrogens with zero attached hydrogens (tertiary/aromatic N) is 3. The molecule has 0 radical (unpaired) electrons. The maximum absolute atomic E-state index is 14.5. The Bertz CT molecular complexity index is 1900. The molecule has 3 aliphatic heterocycles. The van der Waals surface area contributed by atoms with E-state index >= 15 is 0 Å². The van der Waals surface area contributed by atoms with Crippen molar-refractivity contribution in [3.8, 4) is 5.75 Å². The average molecular weight is 752 g/mol. The zero-order valence-corrected chi connectivity index (χ0v) is 29.1. The van der Waals surface area contributed by atoms with E-state index < -0.39 is 45.2 Å². The number of alkyl halides is 3. The molecule has 11 heteroatoms. The average Bonchev–Trinajstić information content (AvgIpc) is 3.43. The van der Waals surface area contributed by atoms with Gasteiger partial charge in [-0.05, 0) is 54.2 Å². The Hall–Kier alpha value is -3.24.